The molecule has 1 unspecified atom stereocenters. The predicted octanol–water partition coefficient (Wildman–Crippen LogP) is 2.42. The van der Waals surface area contributed by atoms with E-state index >= 15 is 0 Å². The van der Waals surface area contributed by atoms with Gasteiger partial charge in [-0.3, -0.25) is 9.69 Å². The number of halogens is 3. The van der Waals surface area contributed by atoms with Gasteiger partial charge in [-0.25, -0.2) is 4.98 Å². The van der Waals surface area contributed by atoms with Crippen molar-refractivity contribution in [3.05, 3.63) is 30.1 Å². The molecule has 1 atom stereocenters. The molecule has 1 saturated heterocycles. The summed E-state index contributed by atoms with van der Waals surface area (Å²) in [6, 6.07) is 7.74. The van der Waals surface area contributed by atoms with Crippen molar-refractivity contribution in [2.24, 2.45) is 0 Å². The van der Waals surface area contributed by atoms with E-state index in [2.05, 4.69) is 9.97 Å². The van der Waals surface area contributed by atoms with Crippen LogP contribution in [0, 0.1) is 0 Å². The van der Waals surface area contributed by atoms with E-state index in [9.17, 15) is 18.0 Å². The first-order valence-electron chi connectivity index (χ1n) is 7.91. The van der Waals surface area contributed by atoms with Gasteiger partial charge in [0.2, 0.25) is 5.91 Å². The van der Waals surface area contributed by atoms with Crippen LogP contribution in [-0.2, 0) is 4.79 Å². The van der Waals surface area contributed by atoms with Crippen LogP contribution in [0.1, 0.15) is 24.6 Å². The zero-order chi connectivity index (χ0) is 17.2. The molecule has 0 spiro atoms. The van der Waals surface area contributed by atoms with Gasteiger partial charge in [-0.1, -0.05) is 12.1 Å². The fourth-order valence-corrected chi connectivity index (χ4v) is 3.05. The summed E-state index contributed by atoms with van der Waals surface area (Å²) in [5, 5.41) is 1.92. The summed E-state index contributed by atoms with van der Waals surface area (Å²) in [6.07, 6.45) is -2.55. The van der Waals surface area contributed by atoms with Crippen molar-refractivity contribution >= 4 is 16.9 Å². The van der Waals surface area contributed by atoms with Gasteiger partial charge < -0.3 is 10.3 Å². The van der Waals surface area contributed by atoms with Gasteiger partial charge in [-0.05, 0) is 31.5 Å². The normalized spacial score (nSPS) is 19.5. The highest BCUT2D eigenvalue weighted by atomic mass is 19.4. The topological polar surface area (TPSA) is 61.0 Å². The Hall–Kier alpha value is -2.09. The van der Waals surface area contributed by atoms with Crippen molar-refractivity contribution in [3.8, 4) is 0 Å². The number of carbonyl (C=O) groups excluding carboxylic acids is 1. The highest BCUT2D eigenvalue weighted by molar-refractivity contribution is 5.78. The number of para-hydroxylation sites is 2. The van der Waals surface area contributed by atoms with E-state index in [1.54, 1.807) is 0 Å². The number of nitrogens with zero attached hydrogens (tertiary/aromatic N) is 2. The Bertz CT molecular complexity index is 680. The number of hydrogen-bond donors (Lipinski definition) is 2. The Kier molecular flexibility index (Phi) is 4.75. The fraction of sp³-hybridized carbons (Fsp3) is 0.500. The average molecular weight is 340 g/mol. The minimum Gasteiger partial charge on any atom is -0.346 e. The number of likely N-dealkylation sites (tertiary alicyclic amines) is 1. The van der Waals surface area contributed by atoms with Gasteiger partial charge in [-0.2, -0.15) is 13.2 Å². The van der Waals surface area contributed by atoms with E-state index in [0.29, 0.717) is 13.1 Å². The molecule has 2 aromatic rings. The van der Waals surface area contributed by atoms with Crippen LogP contribution in [0.3, 0.4) is 0 Å². The molecule has 0 bridgehead atoms. The Labute approximate surface area is 137 Å². The molecule has 1 amide bonds. The Morgan fingerprint density at radius 3 is 2.92 bits per heavy atom. The van der Waals surface area contributed by atoms with Crippen molar-refractivity contribution in [2.75, 3.05) is 26.2 Å². The number of hydrogen-bond acceptors (Lipinski definition) is 3. The van der Waals surface area contributed by atoms with E-state index in [1.807, 2.05) is 34.5 Å². The van der Waals surface area contributed by atoms with Crippen molar-refractivity contribution in [2.45, 2.75) is 24.9 Å². The molecule has 1 aliphatic heterocycles. The standard InChI is InChI=1S/C16H19F3N4O/c17-16(18,19)10-20-14(24)9-23-7-3-4-11(8-23)15-21-12-5-1-2-6-13(12)22-15/h1-2,5-6,11H,3-4,7-10H2,(H,20,24)(H,21,22). The highest BCUT2D eigenvalue weighted by Crippen LogP contribution is 2.26. The second-order valence-corrected chi connectivity index (χ2v) is 6.11. The number of piperidine rings is 1. The fourth-order valence-electron chi connectivity index (χ4n) is 3.05. The first-order valence-corrected chi connectivity index (χ1v) is 7.91. The van der Waals surface area contributed by atoms with Crippen molar-refractivity contribution in [3.63, 3.8) is 0 Å². The molecule has 8 heteroatoms. The van der Waals surface area contributed by atoms with E-state index in [1.165, 1.54) is 0 Å². The number of alkyl halides is 3. The van der Waals surface area contributed by atoms with Crippen LogP contribution in [0.2, 0.25) is 0 Å². The van der Waals surface area contributed by atoms with E-state index in [4.69, 9.17) is 0 Å². The number of rotatable bonds is 4. The monoisotopic (exact) mass is 340 g/mol. The summed E-state index contributed by atoms with van der Waals surface area (Å²) in [5.41, 5.74) is 1.86. The third-order valence-corrected chi connectivity index (χ3v) is 4.15. The van der Waals surface area contributed by atoms with Gasteiger partial charge in [0, 0.05) is 12.5 Å². The summed E-state index contributed by atoms with van der Waals surface area (Å²) in [7, 11) is 0. The van der Waals surface area contributed by atoms with Crippen molar-refractivity contribution in [1.29, 1.82) is 0 Å². The SMILES string of the molecule is O=C(CN1CCCC(c2nc3ccccc3[nH]2)C1)NCC(F)(F)F. The predicted molar refractivity (Wildman–Crippen MR) is 83.6 cm³/mol. The molecule has 0 saturated carbocycles. The third kappa shape index (κ3) is 4.25. The summed E-state index contributed by atoms with van der Waals surface area (Å²) >= 11 is 0. The van der Waals surface area contributed by atoms with E-state index in [0.717, 1.165) is 29.7 Å². The quantitative estimate of drug-likeness (QED) is 0.899. The number of H-pyrrole nitrogens is 1. The summed E-state index contributed by atoms with van der Waals surface area (Å²) < 4.78 is 36.4. The minimum absolute atomic E-state index is 0.0210. The zero-order valence-corrected chi connectivity index (χ0v) is 13.1. The molecule has 1 aromatic carbocycles. The lowest BCUT2D eigenvalue weighted by Crippen LogP contribution is -2.44. The van der Waals surface area contributed by atoms with Crippen molar-refractivity contribution in [1.82, 2.24) is 20.2 Å². The summed E-state index contributed by atoms with van der Waals surface area (Å²) in [5.74, 6) is 0.427. The lowest BCUT2D eigenvalue weighted by Gasteiger charge is -2.31. The molecule has 3 rings (SSSR count). The van der Waals surface area contributed by atoms with E-state index < -0.39 is 18.6 Å². The number of aromatic nitrogens is 2. The molecule has 1 aliphatic rings. The molecule has 1 fully saturated rings. The van der Waals surface area contributed by atoms with Crippen LogP contribution in [0.5, 0.6) is 0 Å². The van der Waals surface area contributed by atoms with Crippen LogP contribution in [0.4, 0.5) is 13.2 Å². The molecule has 24 heavy (non-hydrogen) atoms. The Morgan fingerprint density at radius 1 is 1.38 bits per heavy atom. The maximum absolute atomic E-state index is 12.1. The van der Waals surface area contributed by atoms with Gasteiger partial charge >= 0.3 is 6.18 Å². The summed E-state index contributed by atoms with van der Waals surface area (Å²) in [4.78, 5) is 21.4. The van der Waals surface area contributed by atoms with Gasteiger partial charge in [0.15, 0.2) is 0 Å². The lowest BCUT2D eigenvalue weighted by molar-refractivity contribution is -0.139. The minimum atomic E-state index is -4.38. The highest BCUT2D eigenvalue weighted by Gasteiger charge is 2.29. The van der Waals surface area contributed by atoms with E-state index in [-0.39, 0.29) is 12.5 Å². The largest absolute Gasteiger partial charge is 0.405 e. The number of carbonyl (C=O) groups is 1. The zero-order valence-electron chi connectivity index (χ0n) is 13.1. The number of amides is 1. The third-order valence-electron chi connectivity index (χ3n) is 4.15. The van der Waals surface area contributed by atoms with Crippen LogP contribution >= 0.6 is 0 Å². The van der Waals surface area contributed by atoms with Crippen molar-refractivity contribution < 1.29 is 18.0 Å². The number of nitrogens with one attached hydrogen (secondary N) is 2. The average Bonchev–Trinajstić information content (AvgIpc) is 2.97. The van der Waals surface area contributed by atoms with Crippen LogP contribution in [0.25, 0.3) is 11.0 Å². The smallest absolute Gasteiger partial charge is 0.346 e. The molecule has 2 heterocycles. The molecule has 1 aromatic heterocycles. The second kappa shape index (κ2) is 6.80. The number of aromatic amines is 1. The van der Waals surface area contributed by atoms with Crippen LogP contribution < -0.4 is 5.32 Å². The first-order chi connectivity index (χ1) is 11.4. The number of imidazole rings is 1. The van der Waals surface area contributed by atoms with Gasteiger partial charge in [0.25, 0.3) is 0 Å². The molecule has 5 nitrogen and oxygen atoms in total. The first kappa shape index (κ1) is 16.8. The number of benzene rings is 1. The van der Waals surface area contributed by atoms with Gasteiger partial charge in [0.1, 0.15) is 12.4 Å². The van der Waals surface area contributed by atoms with Crippen LogP contribution in [-0.4, -0.2) is 53.1 Å². The van der Waals surface area contributed by atoms with Gasteiger partial charge in [0.05, 0.1) is 17.6 Å². The number of fused-ring (bicyclic) bond motifs is 1. The molecule has 0 aliphatic carbocycles. The lowest BCUT2D eigenvalue weighted by atomic mass is 9.97. The molecular formula is C16H19F3N4O. The Morgan fingerprint density at radius 2 is 2.17 bits per heavy atom. The molecule has 2 N–H and O–H groups in total. The molecule has 0 radical (unpaired) electrons. The van der Waals surface area contributed by atoms with Crippen LogP contribution in [0.15, 0.2) is 24.3 Å². The second-order valence-electron chi connectivity index (χ2n) is 6.11. The maximum atomic E-state index is 12.1. The molecular weight excluding hydrogens is 321 g/mol. The van der Waals surface area contributed by atoms with Gasteiger partial charge in [-0.15, -0.1) is 0 Å². The summed E-state index contributed by atoms with van der Waals surface area (Å²) in [6.45, 7) is 0.00884. The molecule has 130 valence electrons. The Balaban J connectivity index is 1.59. The maximum Gasteiger partial charge on any atom is 0.405 e.